The van der Waals surface area contributed by atoms with Crippen molar-refractivity contribution in [1.82, 2.24) is 0 Å². The Morgan fingerprint density at radius 3 is 2.93 bits per heavy atom. The van der Waals surface area contributed by atoms with Crippen LogP contribution in [-0.2, 0) is 4.74 Å². The molecule has 0 aromatic heterocycles. The van der Waals surface area contributed by atoms with Crippen LogP contribution in [0.4, 0.5) is 5.69 Å². The van der Waals surface area contributed by atoms with Crippen LogP contribution in [0, 0.1) is 10.1 Å². The Bertz CT molecular complexity index is 458. The minimum atomic E-state index is -0.450. The third kappa shape index (κ3) is 1.99. The van der Waals surface area contributed by atoms with E-state index in [-0.39, 0.29) is 10.9 Å². The van der Waals surface area contributed by atoms with Crippen LogP contribution in [0.2, 0.25) is 0 Å². The molecule has 1 aliphatic rings. The third-order valence-corrected chi connectivity index (χ3v) is 2.15. The fourth-order valence-electron chi connectivity index (χ4n) is 1.27. The summed E-state index contributed by atoms with van der Waals surface area (Å²) in [5.41, 5.74) is 0.704. The zero-order valence-electron chi connectivity index (χ0n) is 7.49. The predicted octanol–water partition coefficient (Wildman–Crippen LogP) is 2.02. The summed E-state index contributed by atoms with van der Waals surface area (Å²) in [6, 6.07) is 6.21. The van der Waals surface area contributed by atoms with Crippen molar-refractivity contribution in [3.63, 3.8) is 0 Å². The van der Waals surface area contributed by atoms with Gasteiger partial charge in [-0.15, -0.1) is 0 Å². The van der Waals surface area contributed by atoms with E-state index in [0.717, 1.165) is 0 Å². The van der Waals surface area contributed by atoms with E-state index < -0.39 is 11.0 Å². The minimum Gasteiger partial charge on any atom is -0.455 e. The number of benzene rings is 1. The van der Waals surface area contributed by atoms with E-state index in [1.165, 1.54) is 18.3 Å². The molecule has 6 heteroatoms. The molecule has 0 aliphatic carbocycles. The molecular weight excluding hydrogens is 216 g/mol. The normalized spacial score (nSPS) is 18.9. The highest BCUT2D eigenvalue weighted by atomic mass is 32.1. The van der Waals surface area contributed by atoms with Crippen molar-refractivity contribution in [1.29, 1.82) is 0 Å². The molecule has 0 radical (unpaired) electrons. The Morgan fingerprint density at radius 1 is 1.53 bits per heavy atom. The number of nitrogens with zero attached hydrogens (tertiary/aromatic N) is 2. The number of non-ortho nitro benzene ring substituents is 1. The number of ether oxygens (including phenoxy) is 1. The van der Waals surface area contributed by atoms with E-state index in [2.05, 4.69) is 4.99 Å². The maximum absolute atomic E-state index is 10.5. The van der Waals surface area contributed by atoms with Crippen LogP contribution < -0.4 is 0 Å². The van der Waals surface area contributed by atoms with Crippen LogP contribution in [0.25, 0.3) is 0 Å². The molecule has 1 aliphatic heterocycles. The molecule has 0 saturated heterocycles. The van der Waals surface area contributed by atoms with Crippen LogP contribution in [-0.4, -0.2) is 16.3 Å². The Labute approximate surface area is 90.5 Å². The fourth-order valence-corrected chi connectivity index (χ4v) is 1.43. The predicted molar refractivity (Wildman–Crippen MR) is 58.0 cm³/mol. The van der Waals surface area contributed by atoms with Gasteiger partial charge < -0.3 is 4.74 Å². The van der Waals surface area contributed by atoms with Gasteiger partial charge in [0.2, 0.25) is 0 Å². The van der Waals surface area contributed by atoms with Crippen LogP contribution in [0.5, 0.6) is 0 Å². The lowest BCUT2D eigenvalue weighted by atomic mass is 10.1. The van der Waals surface area contributed by atoms with Gasteiger partial charge in [-0.3, -0.25) is 10.1 Å². The average molecular weight is 222 g/mol. The topological polar surface area (TPSA) is 64.7 Å². The van der Waals surface area contributed by atoms with E-state index in [0.29, 0.717) is 5.56 Å². The number of hydrogen-bond donors (Lipinski definition) is 0. The fraction of sp³-hybridized carbons (Fsp3) is 0.111. The first-order valence-corrected chi connectivity index (χ1v) is 4.57. The van der Waals surface area contributed by atoms with E-state index in [1.807, 2.05) is 0 Å². The van der Waals surface area contributed by atoms with Crippen molar-refractivity contribution in [2.45, 2.75) is 6.10 Å². The summed E-state index contributed by atoms with van der Waals surface area (Å²) in [6.45, 7) is 0. The monoisotopic (exact) mass is 222 g/mol. The van der Waals surface area contributed by atoms with Crippen molar-refractivity contribution in [2.24, 2.45) is 4.99 Å². The molecule has 0 fully saturated rings. The highest BCUT2D eigenvalue weighted by molar-refractivity contribution is 7.80. The van der Waals surface area contributed by atoms with Crippen molar-refractivity contribution < 1.29 is 9.66 Å². The molecule has 0 amide bonds. The van der Waals surface area contributed by atoms with E-state index in [4.69, 9.17) is 17.0 Å². The lowest BCUT2D eigenvalue weighted by Crippen LogP contribution is -2.01. The highest BCUT2D eigenvalue weighted by Crippen LogP contribution is 2.23. The number of nitro benzene ring substituents is 1. The number of rotatable bonds is 2. The second kappa shape index (κ2) is 3.74. The summed E-state index contributed by atoms with van der Waals surface area (Å²) in [5.74, 6) is 0. The van der Waals surface area contributed by atoms with Gasteiger partial charge in [0, 0.05) is 17.7 Å². The number of hydrogen-bond acceptors (Lipinski definition) is 4. The molecular formula is C9H6N2O3S. The first-order valence-electron chi connectivity index (χ1n) is 4.16. The Morgan fingerprint density at radius 2 is 2.33 bits per heavy atom. The summed E-state index contributed by atoms with van der Waals surface area (Å²) >= 11 is 4.73. The quantitative estimate of drug-likeness (QED) is 0.436. The maximum atomic E-state index is 10.5. The second-order valence-corrected chi connectivity index (χ2v) is 3.28. The van der Waals surface area contributed by atoms with Crippen molar-refractivity contribution in [2.75, 3.05) is 0 Å². The standard InChI is InChI=1S/C9H6N2O3S/c12-11(13)7-3-1-2-6(4-7)8-5-10-9(15)14-8/h1-5,8H. The van der Waals surface area contributed by atoms with Crippen LogP contribution >= 0.6 is 12.2 Å². The largest absolute Gasteiger partial charge is 0.455 e. The van der Waals surface area contributed by atoms with E-state index in [1.54, 1.807) is 12.1 Å². The van der Waals surface area contributed by atoms with Gasteiger partial charge in [-0.05, 0) is 12.2 Å². The summed E-state index contributed by atoms with van der Waals surface area (Å²) in [5, 5.41) is 10.7. The molecule has 5 nitrogen and oxygen atoms in total. The summed E-state index contributed by atoms with van der Waals surface area (Å²) in [6.07, 6.45) is 1.12. The molecule has 2 rings (SSSR count). The van der Waals surface area contributed by atoms with Gasteiger partial charge in [-0.2, -0.15) is 0 Å². The van der Waals surface area contributed by atoms with Crippen molar-refractivity contribution >= 4 is 29.3 Å². The molecule has 1 aromatic rings. The van der Waals surface area contributed by atoms with Crippen molar-refractivity contribution in [3.05, 3.63) is 39.9 Å². The smallest absolute Gasteiger partial charge is 0.284 e. The molecule has 1 unspecified atom stereocenters. The molecule has 0 spiro atoms. The van der Waals surface area contributed by atoms with Gasteiger partial charge in [0.15, 0.2) is 6.10 Å². The molecule has 1 atom stereocenters. The molecule has 0 bridgehead atoms. The molecule has 15 heavy (non-hydrogen) atoms. The Hall–Kier alpha value is -1.82. The zero-order valence-corrected chi connectivity index (χ0v) is 8.31. The van der Waals surface area contributed by atoms with Gasteiger partial charge in [0.1, 0.15) is 0 Å². The molecule has 0 N–H and O–H groups in total. The maximum Gasteiger partial charge on any atom is 0.284 e. The summed E-state index contributed by atoms with van der Waals surface area (Å²) in [4.78, 5) is 13.9. The Balaban J connectivity index is 2.29. The lowest BCUT2D eigenvalue weighted by Gasteiger charge is -2.06. The number of aliphatic imine (C=N–C) groups is 1. The van der Waals surface area contributed by atoms with Crippen LogP contribution in [0.15, 0.2) is 29.3 Å². The van der Waals surface area contributed by atoms with Crippen LogP contribution in [0.1, 0.15) is 11.7 Å². The first kappa shape index (κ1) is 9.72. The third-order valence-electron chi connectivity index (χ3n) is 1.95. The average Bonchev–Trinajstić information content (AvgIpc) is 2.65. The van der Waals surface area contributed by atoms with Gasteiger partial charge in [-0.25, -0.2) is 4.99 Å². The second-order valence-electron chi connectivity index (χ2n) is 2.93. The number of nitro groups is 1. The van der Waals surface area contributed by atoms with Gasteiger partial charge in [-0.1, -0.05) is 12.1 Å². The lowest BCUT2D eigenvalue weighted by molar-refractivity contribution is -0.384. The molecule has 0 saturated carbocycles. The number of thiocarbonyl (C=S) groups is 1. The van der Waals surface area contributed by atoms with Gasteiger partial charge in [0.25, 0.3) is 10.9 Å². The first-order chi connectivity index (χ1) is 7.16. The highest BCUT2D eigenvalue weighted by Gasteiger charge is 2.19. The molecule has 1 aromatic carbocycles. The van der Waals surface area contributed by atoms with Crippen LogP contribution in [0.3, 0.4) is 0 Å². The SMILES string of the molecule is O=[N+]([O-])c1cccc(C2C=NC(=S)O2)c1. The Kier molecular flexibility index (Phi) is 2.42. The minimum absolute atomic E-state index is 0.0299. The molecule has 76 valence electrons. The summed E-state index contributed by atoms with van der Waals surface area (Å²) < 4.78 is 5.17. The van der Waals surface area contributed by atoms with E-state index >= 15 is 0 Å². The van der Waals surface area contributed by atoms with Gasteiger partial charge >= 0.3 is 0 Å². The van der Waals surface area contributed by atoms with E-state index in [9.17, 15) is 10.1 Å². The summed E-state index contributed by atoms with van der Waals surface area (Å²) in [7, 11) is 0. The van der Waals surface area contributed by atoms with Gasteiger partial charge in [0.05, 0.1) is 11.1 Å². The van der Waals surface area contributed by atoms with Crippen molar-refractivity contribution in [3.8, 4) is 0 Å². The zero-order chi connectivity index (χ0) is 10.8. The molecule has 1 heterocycles.